The summed E-state index contributed by atoms with van der Waals surface area (Å²) in [6, 6.07) is 5.29. The molecular formula is C15H16O6. The van der Waals surface area contributed by atoms with Crippen molar-refractivity contribution >= 4 is 12.0 Å². The third-order valence-electron chi connectivity index (χ3n) is 2.85. The quantitative estimate of drug-likeness (QED) is 0.460. The van der Waals surface area contributed by atoms with Gasteiger partial charge in [-0.25, -0.2) is 4.79 Å². The highest BCUT2D eigenvalue weighted by Crippen LogP contribution is 2.32. The fourth-order valence-electron chi connectivity index (χ4n) is 1.62. The van der Waals surface area contributed by atoms with Gasteiger partial charge in [-0.3, -0.25) is 0 Å². The van der Waals surface area contributed by atoms with E-state index in [0.717, 1.165) is 5.56 Å². The molecule has 6 nitrogen and oxygen atoms in total. The van der Waals surface area contributed by atoms with Gasteiger partial charge in [0.25, 0.3) is 0 Å². The minimum Gasteiger partial charge on any atom is -0.458 e. The van der Waals surface area contributed by atoms with Gasteiger partial charge in [0.15, 0.2) is 11.5 Å². The van der Waals surface area contributed by atoms with Crippen LogP contribution < -0.4 is 9.47 Å². The smallest absolute Gasteiger partial charge is 0.331 e. The first-order chi connectivity index (χ1) is 10.1. The number of carbonyl (C=O) groups is 1. The largest absolute Gasteiger partial charge is 0.458 e. The molecule has 0 aliphatic carbocycles. The molecule has 0 amide bonds. The summed E-state index contributed by atoms with van der Waals surface area (Å²) in [5.74, 6) is 0.730. The number of hydrogen-bond donors (Lipinski definition) is 2. The summed E-state index contributed by atoms with van der Waals surface area (Å²) in [6.07, 6.45) is 1.75. The van der Waals surface area contributed by atoms with Crippen LogP contribution in [0.5, 0.6) is 11.5 Å². The van der Waals surface area contributed by atoms with Gasteiger partial charge in [0, 0.05) is 6.08 Å². The highest BCUT2D eigenvalue weighted by molar-refractivity contribution is 5.87. The number of esters is 1. The zero-order valence-corrected chi connectivity index (χ0v) is 11.3. The molecule has 0 saturated heterocycles. The van der Waals surface area contributed by atoms with Gasteiger partial charge in [-0.05, 0) is 29.3 Å². The summed E-state index contributed by atoms with van der Waals surface area (Å²) >= 11 is 0. The van der Waals surface area contributed by atoms with Crippen molar-refractivity contribution in [2.24, 2.45) is 0 Å². The molecule has 0 radical (unpaired) electrons. The SMILES string of the molecule is C=C(COC(=O)/C=C/c1ccc2c(c1)OCO2)[C@H](O)CO. The van der Waals surface area contributed by atoms with E-state index >= 15 is 0 Å². The summed E-state index contributed by atoms with van der Waals surface area (Å²) in [6.45, 7) is 3.11. The van der Waals surface area contributed by atoms with E-state index in [9.17, 15) is 9.90 Å². The highest BCUT2D eigenvalue weighted by Gasteiger charge is 2.12. The first-order valence-corrected chi connectivity index (χ1v) is 6.31. The molecule has 1 aliphatic rings. The van der Waals surface area contributed by atoms with Gasteiger partial charge in [0.05, 0.1) is 6.61 Å². The fourth-order valence-corrected chi connectivity index (χ4v) is 1.62. The second-order valence-corrected chi connectivity index (χ2v) is 4.41. The Kier molecular flexibility index (Phi) is 4.97. The van der Waals surface area contributed by atoms with E-state index in [1.54, 1.807) is 24.3 Å². The van der Waals surface area contributed by atoms with Crippen LogP contribution in [0.25, 0.3) is 6.08 Å². The van der Waals surface area contributed by atoms with Crippen LogP contribution in [0.2, 0.25) is 0 Å². The molecule has 2 N–H and O–H groups in total. The van der Waals surface area contributed by atoms with Crippen molar-refractivity contribution in [1.29, 1.82) is 0 Å². The van der Waals surface area contributed by atoms with Gasteiger partial charge in [-0.15, -0.1) is 0 Å². The Hall–Kier alpha value is -2.31. The number of aliphatic hydroxyl groups excluding tert-OH is 2. The van der Waals surface area contributed by atoms with Gasteiger partial charge < -0.3 is 24.4 Å². The second-order valence-electron chi connectivity index (χ2n) is 4.41. The standard InChI is InChI=1S/C15H16O6/c1-10(12(17)7-16)8-19-15(18)5-3-11-2-4-13-14(6-11)21-9-20-13/h2-6,12,16-17H,1,7-9H2/b5-3+/t12-/m1/s1. The average Bonchev–Trinajstić information content (AvgIpc) is 2.97. The number of aliphatic hydroxyl groups is 2. The third-order valence-corrected chi connectivity index (χ3v) is 2.85. The van der Waals surface area contributed by atoms with E-state index in [2.05, 4.69) is 6.58 Å². The number of benzene rings is 1. The molecule has 0 saturated carbocycles. The predicted molar refractivity (Wildman–Crippen MR) is 74.8 cm³/mol. The van der Waals surface area contributed by atoms with Crippen LogP contribution in [0.1, 0.15) is 5.56 Å². The number of ether oxygens (including phenoxy) is 3. The lowest BCUT2D eigenvalue weighted by molar-refractivity contribution is -0.137. The average molecular weight is 292 g/mol. The van der Waals surface area contributed by atoms with E-state index in [0.29, 0.717) is 11.5 Å². The molecule has 0 spiro atoms. The Balaban J connectivity index is 1.86. The molecule has 2 rings (SSSR count). The number of rotatable bonds is 6. The first-order valence-electron chi connectivity index (χ1n) is 6.31. The predicted octanol–water partition coefficient (Wildman–Crippen LogP) is 0.881. The van der Waals surface area contributed by atoms with E-state index in [-0.39, 0.29) is 19.0 Å². The summed E-state index contributed by atoms with van der Waals surface area (Å²) in [5, 5.41) is 18.0. The van der Waals surface area contributed by atoms with Crippen LogP contribution >= 0.6 is 0 Å². The lowest BCUT2D eigenvalue weighted by Crippen LogP contribution is -2.19. The molecule has 0 fully saturated rings. The Morgan fingerprint density at radius 3 is 2.95 bits per heavy atom. The Morgan fingerprint density at radius 2 is 2.19 bits per heavy atom. The van der Waals surface area contributed by atoms with Crippen molar-refractivity contribution < 1.29 is 29.2 Å². The van der Waals surface area contributed by atoms with Crippen LogP contribution in [0.15, 0.2) is 36.4 Å². The number of hydrogen-bond acceptors (Lipinski definition) is 6. The molecule has 1 aliphatic heterocycles. The van der Waals surface area contributed by atoms with Crippen molar-refractivity contribution in [2.75, 3.05) is 20.0 Å². The highest BCUT2D eigenvalue weighted by atomic mass is 16.7. The molecule has 0 bridgehead atoms. The normalized spacial score (nSPS) is 14.2. The Labute approximate surface area is 121 Å². The van der Waals surface area contributed by atoms with E-state index in [4.69, 9.17) is 19.3 Å². The number of carbonyl (C=O) groups excluding carboxylic acids is 1. The van der Waals surface area contributed by atoms with Crippen LogP contribution in [-0.2, 0) is 9.53 Å². The summed E-state index contributed by atoms with van der Waals surface area (Å²) in [4.78, 5) is 11.5. The lowest BCUT2D eigenvalue weighted by atomic mass is 10.2. The minimum absolute atomic E-state index is 0.147. The second kappa shape index (κ2) is 6.92. The topological polar surface area (TPSA) is 85.2 Å². The molecule has 1 atom stereocenters. The third kappa shape index (κ3) is 4.08. The van der Waals surface area contributed by atoms with Gasteiger partial charge >= 0.3 is 5.97 Å². The zero-order valence-electron chi connectivity index (χ0n) is 11.3. The van der Waals surface area contributed by atoms with Crippen LogP contribution in [-0.4, -0.2) is 42.3 Å². The van der Waals surface area contributed by atoms with Crippen LogP contribution in [0, 0.1) is 0 Å². The van der Waals surface area contributed by atoms with Crippen LogP contribution in [0.4, 0.5) is 0 Å². The van der Waals surface area contributed by atoms with E-state index < -0.39 is 18.7 Å². The van der Waals surface area contributed by atoms with Crippen molar-refractivity contribution in [3.05, 3.63) is 42.0 Å². The maximum atomic E-state index is 11.5. The van der Waals surface area contributed by atoms with Crippen molar-refractivity contribution in [2.45, 2.75) is 6.10 Å². The number of fused-ring (bicyclic) bond motifs is 1. The monoisotopic (exact) mass is 292 g/mol. The van der Waals surface area contributed by atoms with Crippen LogP contribution in [0.3, 0.4) is 0 Å². The zero-order chi connectivity index (χ0) is 15.2. The molecule has 0 unspecified atom stereocenters. The molecule has 1 aromatic rings. The van der Waals surface area contributed by atoms with Gasteiger partial charge in [-0.2, -0.15) is 0 Å². The Bertz CT molecular complexity index is 563. The summed E-state index contributed by atoms with van der Waals surface area (Å²) in [5.41, 5.74) is 1.01. The molecule has 21 heavy (non-hydrogen) atoms. The van der Waals surface area contributed by atoms with E-state index in [1.165, 1.54) is 6.08 Å². The first kappa shape index (κ1) is 15.1. The molecule has 1 heterocycles. The molecule has 112 valence electrons. The molecule has 6 heteroatoms. The van der Waals surface area contributed by atoms with Gasteiger partial charge in [0.1, 0.15) is 12.7 Å². The Morgan fingerprint density at radius 1 is 1.43 bits per heavy atom. The lowest BCUT2D eigenvalue weighted by Gasteiger charge is -2.10. The van der Waals surface area contributed by atoms with Crippen molar-refractivity contribution in [3.8, 4) is 11.5 Å². The summed E-state index contributed by atoms with van der Waals surface area (Å²) < 4.78 is 15.3. The van der Waals surface area contributed by atoms with Gasteiger partial charge in [-0.1, -0.05) is 12.6 Å². The molecule has 0 aromatic heterocycles. The van der Waals surface area contributed by atoms with E-state index in [1.807, 2.05) is 0 Å². The van der Waals surface area contributed by atoms with Gasteiger partial charge in [0.2, 0.25) is 6.79 Å². The van der Waals surface area contributed by atoms with Crippen molar-refractivity contribution in [3.63, 3.8) is 0 Å². The van der Waals surface area contributed by atoms with Crippen molar-refractivity contribution in [1.82, 2.24) is 0 Å². The summed E-state index contributed by atoms with van der Waals surface area (Å²) in [7, 11) is 0. The maximum absolute atomic E-state index is 11.5. The minimum atomic E-state index is -1.09. The fraction of sp³-hybridized carbons (Fsp3) is 0.267. The maximum Gasteiger partial charge on any atom is 0.331 e. The molecule has 1 aromatic carbocycles. The molecular weight excluding hydrogens is 276 g/mol.